The average Bonchev–Trinajstić information content (AvgIpc) is 3.28. The second-order valence-electron chi connectivity index (χ2n) is 7.68. The van der Waals surface area contributed by atoms with Crippen LogP contribution < -0.4 is 0 Å². The third kappa shape index (κ3) is 4.47. The van der Waals surface area contributed by atoms with Gasteiger partial charge in [0.2, 0.25) is 0 Å². The number of hydrogen-bond donors (Lipinski definition) is 0. The van der Waals surface area contributed by atoms with Crippen LogP contribution in [-0.4, -0.2) is 0 Å². The van der Waals surface area contributed by atoms with Gasteiger partial charge in [0.15, 0.2) is 0 Å². The van der Waals surface area contributed by atoms with Gasteiger partial charge in [0.25, 0.3) is 0 Å². The van der Waals surface area contributed by atoms with Crippen LogP contribution in [0.25, 0.3) is 22.3 Å². The Kier molecular flexibility index (Phi) is 7.49. The molecular weight excluding hydrogens is 498 g/mol. The number of hydrogen-bond acceptors (Lipinski definition) is 0. The Bertz CT molecular complexity index is 1000. The van der Waals surface area contributed by atoms with Gasteiger partial charge in [0, 0.05) is 0 Å². The molecule has 0 fully saturated rings. The van der Waals surface area contributed by atoms with Gasteiger partial charge in [-0.2, -0.15) is 48.5 Å². The first-order chi connectivity index (χ1) is 15.2. The van der Waals surface area contributed by atoms with Crippen molar-refractivity contribution in [2.75, 3.05) is 0 Å². The summed E-state index contributed by atoms with van der Waals surface area (Å²) in [7, 11) is 9.87. The van der Waals surface area contributed by atoms with E-state index in [4.69, 9.17) is 17.0 Å². The second-order valence-corrected chi connectivity index (χ2v) is 11.4. The minimum absolute atomic E-state index is 0.502. The zero-order valence-corrected chi connectivity index (χ0v) is 21.5. The van der Waals surface area contributed by atoms with Gasteiger partial charge in [0.05, 0.1) is 0 Å². The van der Waals surface area contributed by atoms with Crippen LogP contribution in [0.4, 0.5) is 0 Å². The van der Waals surface area contributed by atoms with E-state index in [0.29, 0.717) is 11.8 Å². The molecule has 6 rings (SSSR count). The Morgan fingerprint density at radius 1 is 0.581 bits per heavy atom. The number of rotatable bonds is 0. The van der Waals surface area contributed by atoms with E-state index in [9.17, 15) is 0 Å². The second kappa shape index (κ2) is 10.3. The standard InChI is InChI=1S/2C14H11.2ClH.Zr/c2*1-10-11-6-2-4-8-13(11)14-9-5-3-7-12(10)14;;;/h2*2-6,8-10H,1H3;2*1H;/q2*-1;;;+4/p-2. The van der Waals surface area contributed by atoms with Crippen molar-refractivity contribution in [3.63, 3.8) is 0 Å². The van der Waals surface area contributed by atoms with Crippen molar-refractivity contribution in [3.05, 3.63) is 119 Å². The first kappa shape index (κ1) is 22.5. The number of halogens is 2. The molecule has 0 amide bonds. The predicted molar refractivity (Wildman–Crippen MR) is 128 cm³/mol. The van der Waals surface area contributed by atoms with Gasteiger partial charge in [0.1, 0.15) is 0 Å². The Labute approximate surface area is 203 Å². The Hall–Kier alpha value is -1.66. The van der Waals surface area contributed by atoms with Crippen molar-refractivity contribution in [3.8, 4) is 22.3 Å². The SMILES string of the molecule is CC1c2[c-]cccc2-c2ccccc21.CC1c2[c-]cccc2-c2ccccc21.[Cl][Zr+2][Cl]. The molecule has 0 nitrogen and oxygen atoms in total. The summed E-state index contributed by atoms with van der Waals surface area (Å²) in [5.41, 5.74) is 11.0. The van der Waals surface area contributed by atoms with Gasteiger partial charge in [-0.05, 0) is 23.0 Å². The summed E-state index contributed by atoms with van der Waals surface area (Å²) >= 11 is -0.826. The van der Waals surface area contributed by atoms with E-state index in [-0.39, 0.29) is 0 Å². The molecule has 0 heterocycles. The normalized spacial score (nSPS) is 16.3. The quantitative estimate of drug-likeness (QED) is 0.204. The molecule has 0 spiro atoms. The molecule has 4 aromatic carbocycles. The third-order valence-corrected chi connectivity index (χ3v) is 6.08. The fourth-order valence-corrected chi connectivity index (χ4v) is 4.64. The van der Waals surface area contributed by atoms with E-state index in [1.807, 2.05) is 12.1 Å². The van der Waals surface area contributed by atoms with Gasteiger partial charge in [-0.15, -0.1) is 22.3 Å². The van der Waals surface area contributed by atoms with Crippen LogP contribution in [0.2, 0.25) is 0 Å². The summed E-state index contributed by atoms with van der Waals surface area (Å²) in [5, 5.41) is 0. The van der Waals surface area contributed by atoms with Gasteiger partial charge in [-0.3, -0.25) is 0 Å². The molecule has 2 unspecified atom stereocenters. The zero-order chi connectivity index (χ0) is 21.8. The van der Waals surface area contributed by atoms with Gasteiger partial charge >= 0.3 is 37.9 Å². The van der Waals surface area contributed by atoms with E-state index >= 15 is 0 Å². The molecule has 152 valence electrons. The minimum atomic E-state index is -0.826. The van der Waals surface area contributed by atoms with Crippen molar-refractivity contribution in [1.29, 1.82) is 0 Å². The molecule has 2 aliphatic rings. The Morgan fingerprint density at radius 3 is 1.35 bits per heavy atom. The summed E-state index contributed by atoms with van der Waals surface area (Å²) in [5.74, 6) is 1.00. The molecule has 4 aromatic rings. The molecule has 3 heteroatoms. The summed E-state index contributed by atoms with van der Waals surface area (Å²) in [6.45, 7) is 4.50. The first-order valence-corrected chi connectivity index (χ1v) is 16.7. The predicted octanol–water partition coefficient (Wildman–Crippen LogP) is 8.61. The number of fused-ring (bicyclic) bond motifs is 6. The van der Waals surface area contributed by atoms with Gasteiger partial charge in [-0.1, -0.05) is 73.5 Å². The molecule has 0 aliphatic heterocycles. The van der Waals surface area contributed by atoms with Crippen molar-refractivity contribution < 1.29 is 20.8 Å². The van der Waals surface area contributed by atoms with Crippen LogP contribution >= 0.6 is 17.0 Å². The van der Waals surface area contributed by atoms with E-state index < -0.39 is 20.8 Å². The van der Waals surface area contributed by atoms with E-state index in [1.165, 1.54) is 44.5 Å². The maximum absolute atomic E-state index is 4.93. The molecule has 0 saturated heterocycles. The molecule has 0 aromatic heterocycles. The topological polar surface area (TPSA) is 0 Å². The maximum atomic E-state index is 4.93. The molecule has 2 aliphatic carbocycles. The molecule has 0 N–H and O–H groups in total. The summed E-state index contributed by atoms with van der Waals surface area (Å²) in [6, 6.07) is 36.5. The first-order valence-electron chi connectivity index (χ1n) is 10.3. The van der Waals surface area contributed by atoms with E-state index in [0.717, 1.165) is 0 Å². The van der Waals surface area contributed by atoms with E-state index in [2.05, 4.69) is 98.8 Å². The molecule has 31 heavy (non-hydrogen) atoms. The third-order valence-electron chi connectivity index (χ3n) is 6.08. The van der Waals surface area contributed by atoms with Crippen LogP contribution in [-0.2, 0) is 20.8 Å². The zero-order valence-electron chi connectivity index (χ0n) is 17.5. The number of benzene rings is 4. The molecule has 2 atom stereocenters. The Morgan fingerprint density at radius 2 is 0.935 bits per heavy atom. The monoisotopic (exact) mass is 518 g/mol. The fourth-order valence-electron chi connectivity index (χ4n) is 4.64. The molecule has 0 bridgehead atoms. The van der Waals surface area contributed by atoms with Gasteiger partial charge < -0.3 is 0 Å². The van der Waals surface area contributed by atoms with Gasteiger partial charge in [-0.25, -0.2) is 0 Å². The molecule has 0 saturated carbocycles. The summed E-state index contributed by atoms with van der Waals surface area (Å²) < 4.78 is 0. The van der Waals surface area contributed by atoms with Crippen LogP contribution in [0.3, 0.4) is 0 Å². The summed E-state index contributed by atoms with van der Waals surface area (Å²) in [6.07, 6.45) is 0. The summed E-state index contributed by atoms with van der Waals surface area (Å²) in [4.78, 5) is 0. The molecule has 0 radical (unpaired) electrons. The van der Waals surface area contributed by atoms with Crippen LogP contribution in [0.15, 0.2) is 84.9 Å². The van der Waals surface area contributed by atoms with Crippen LogP contribution in [0, 0.1) is 12.1 Å². The van der Waals surface area contributed by atoms with Crippen molar-refractivity contribution in [2.45, 2.75) is 25.7 Å². The molecular formula is C28H22Cl2Zr. The van der Waals surface area contributed by atoms with E-state index in [1.54, 1.807) is 0 Å². The van der Waals surface area contributed by atoms with Crippen LogP contribution in [0.1, 0.15) is 47.9 Å². The van der Waals surface area contributed by atoms with Crippen LogP contribution in [0.5, 0.6) is 0 Å². The van der Waals surface area contributed by atoms with Crippen molar-refractivity contribution in [1.82, 2.24) is 0 Å². The average molecular weight is 521 g/mol. The Balaban J connectivity index is 0.000000133. The fraction of sp³-hybridized carbons (Fsp3) is 0.143. The van der Waals surface area contributed by atoms with Crippen molar-refractivity contribution >= 4 is 17.0 Å². The van der Waals surface area contributed by atoms with Crippen molar-refractivity contribution in [2.24, 2.45) is 0 Å².